The molecule has 0 aromatic heterocycles. The van der Waals surface area contributed by atoms with Gasteiger partial charge in [0.15, 0.2) is 0 Å². The smallest absolute Gasteiger partial charge is 0.0429 e. The van der Waals surface area contributed by atoms with Crippen LogP contribution in [0.1, 0.15) is 25.0 Å². The molecule has 0 bridgehead atoms. The first-order valence-electron chi connectivity index (χ1n) is 6.03. The molecule has 88 valence electrons. The first-order chi connectivity index (χ1) is 8.22. The van der Waals surface area contributed by atoms with Crippen molar-refractivity contribution in [3.05, 3.63) is 64.9 Å². The van der Waals surface area contributed by atoms with E-state index >= 15 is 0 Å². The Kier molecular flexibility index (Phi) is 3.48. The van der Waals surface area contributed by atoms with Crippen LogP contribution in [0, 0.1) is 0 Å². The number of hydrogen-bond donors (Lipinski definition) is 0. The minimum absolute atomic E-state index is 0.966. The van der Waals surface area contributed by atoms with E-state index in [0.717, 1.165) is 6.54 Å². The summed E-state index contributed by atoms with van der Waals surface area (Å²) in [5.74, 6) is 0. The molecule has 1 heterocycles. The SMILES string of the molecule is C/C=C\C1=C(C)N(C)Cc2ccccc2/C=C\1. The molecule has 0 spiro atoms. The molecule has 0 radical (unpaired) electrons. The zero-order valence-corrected chi connectivity index (χ0v) is 10.8. The highest BCUT2D eigenvalue weighted by Gasteiger charge is 2.09. The van der Waals surface area contributed by atoms with Gasteiger partial charge < -0.3 is 4.90 Å². The maximum Gasteiger partial charge on any atom is 0.0429 e. The minimum Gasteiger partial charge on any atom is -0.373 e. The Balaban J connectivity index is 2.48. The van der Waals surface area contributed by atoms with Crippen LogP contribution in [0.3, 0.4) is 0 Å². The highest BCUT2D eigenvalue weighted by molar-refractivity contribution is 5.59. The summed E-state index contributed by atoms with van der Waals surface area (Å²) < 4.78 is 0. The summed E-state index contributed by atoms with van der Waals surface area (Å²) in [4.78, 5) is 2.30. The lowest BCUT2D eigenvalue weighted by atomic mass is 10.0. The molecule has 0 saturated heterocycles. The molecule has 0 saturated carbocycles. The molecule has 1 nitrogen and oxygen atoms in total. The summed E-state index contributed by atoms with van der Waals surface area (Å²) >= 11 is 0. The van der Waals surface area contributed by atoms with E-state index < -0.39 is 0 Å². The maximum atomic E-state index is 2.30. The van der Waals surface area contributed by atoms with E-state index in [4.69, 9.17) is 0 Å². The van der Waals surface area contributed by atoms with Gasteiger partial charge in [0.25, 0.3) is 0 Å². The quantitative estimate of drug-likeness (QED) is 0.698. The molecule has 1 aromatic carbocycles. The van der Waals surface area contributed by atoms with Gasteiger partial charge in [-0.1, -0.05) is 48.6 Å². The van der Waals surface area contributed by atoms with Gasteiger partial charge in [0.05, 0.1) is 0 Å². The molecule has 0 atom stereocenters. The van der Waals surface area contributed by atoms with E-state index in [-0.39, 0.29) is 0 Å². The standard InChI is InChI=1S/C16H19N/c1-4-7-14-10-11-15-8-5-6-9-16(15)12-17(3)13(14)2/h4-11H,12H2,1-3H3/b7-4-,11-10-,14-13?. The number of fused-ring (bicyclic) bond motifs is 1. The van der Waals surface area contributed by atoms with E-state index in [1.165, 1.54) is 22.4 Å². The Morgan fingerprint density at radius 1 is 1.18 bits per heavy atom. The second kappa shape index (κ2) is 5.05. The second-order valence-electron chi connectivity index (χ2n) is 4.43. The van der Waals surface area contributed by atoms with Crippen molar-refractivity contribution in [2.45, 2.75) is 20.4 Å². The molecule has 0 fully saturated rings. The molecule has 1 aromatic rings. The molecule has 2 rings (SSSR count). The van der Waals surface area contributed by atoms with Gasteiger partial charge in [0.2, 0.25) is 0 Å². The van der Waals surface area contributed by atoms with E-state index in [1.807, 2.05) is 0 Å². The monoisotopic (exact) mass is 225 g/mol. The summed E-state index contributed by atoms with van der Waals surface area (Å²) in [6.07, 6.45) is 8.66. The molecular formula is C16H19N. The van der Waals surface area contributed by atoms with Crippen LogP contribution >= 0.6 is 0 Å². The molecule has 0 N–H and O–H groups in total. The predicted octanol–water partition coefficient (Wildman–Crippen LogP) is 4.00. The van der Waals surface area contributed by atoms with Crippen LogP contribution in [0.5, 0.6) is 0 Å². The molecule has 1 aliphatic heterocycles. The lowest BCUT2D eigenvalue weighted by molar-refractivity contribution is 0.409. The predicted molar refractivity (Wildman–Crippen MR) is 74.5 cm³/mol. The normalized spacial score (nSPS) is 17.9. The van der Waals surface area contributed by atoms with Crippen LogP contribution in [0.2, 0.25) is 0 Å². The summed E-state index contributed by atoms with van der Waals surface area (Å²) in [6, 6.07) is 8.57. The van der Waals surface area contributed by atoms with Crippen molar-refractivity contribution in [3.63, 3.8) is 0 Å². The Morgan fingerprint density at radius 2 is 1.94 bits per heavy atom. The Labute approximate surface area is 104 Å². The molecular weight excluding hydrogens is 206 g/mol. The Hall–Kier alpha value is -1.76. The fourth-order valence-corrected chi connectivity index (χ4v) is 2.09. The van der Waals surface area contributed by atoms with Gasteiger partial charge in [-0.3, -0.25) is 0 Å². The summed E-state index contributed by atoms with van der Waals surface area (Å²) in [6.45, 7) is 5.20. The van der Waals surface area contributed by atoms with E-state index in [2.05, 4.69) is 74.4 Å². The molecule has 0 amide bonds. The van der Waals surface area contributed by atoms with Crippen LogP contribution < -0.4 is 0 Å². The third-order valence-electron chi connectivity index (χ3n) is 3.24. The summed E-state index contributed by atoms with van der Waals surface area (Å²) in [7, 11) is 2.15. The largest absolute Gasteiger partial charge is 0.373 e. The number of nitrogens with zero attached hydrogens (tertiary/aromatic N) is 1. The van der Waals surface area contributed by atoms with Gasteiger partial charge >= 0.3 is 0 Å². The number of rotatable bonds is 1. The van der Waals surface area contributed by atoms with Crippen molar-refractivity contribution in [1.82, 2.24) is 4.90 Å². The lowest BCUT2D eigenvalue weighted by Gasteiger charge is -2.24. The first-order valence-corrected chi connectivity index (χ1v) is 6.03. The third-order valence-corrected chi connectivity index (χ3v) is 3.24. The van der Waals surface area contributed by atoms with Gasteiger partial charge in [0, 0.05) is 19.3 Å². The van der Waals surface area contributed by atoms with Crippen molar-refractivity contribution in [1.29, 1.82) is 0 Å². The van der Waals surface area contributed by atoms with Gasteiger partial charge in [-0.05, 0) is 30.5 Å². The molecule has 17 heavy (non-hydrogen) atoms. The second-order valence-corrected chi connectivity index (χ2v) is 4.43. The van der Waals surface area contributed by atoms with E-state index in [0.29, 0.717) is 0 Å². The fourth-order valence-electron chi connectivity index (χ4n) is 2.09. The minimum atomic E-state index is 0.966. The van der Waals surface area contributed by atoms with Crippen LogP contribution in [0.25, 0.3) is 6.08 Å². The fraction of sp³-hybridized carbons (Fsp3) is 0.250. The maximum absolute atomic E-state index is 2.30. The zero-order valence-electron chi connectivity index (χ0n) is 10.8. The highest BCUT2D eigenvalue weighted by atomic mass is 15.1. The van der Waals surface area contributed by atoms with Crippen LogP contribution in [-0.4, -0.2) is 11.9 Å². The topological polar surface area (TPSA) is 3.24 Å². The molecule has 0 aliphatic carbocycles. The van der Waals surface area contributed by atoms with Crippen LogP contribution in [-0.2, 0) is 6.54 Å². The van der Waals surface area contributed by atoms with E-state index in [9.17, 15) is 0 Å². The average molecular weight is 225 g/mol. The van der Waals surface area contributed by atoms with Crippen molar-refractivity contribution in [2.75, 3.05) is 7.05 Å². The van der Waals surface area contributed by atoms with Gasteiger partial charge in [-0.15, -0.1) is 0 Å². The van der Waals surface area contributed by atoms with Crippen LogP contribution in [0.15, 0.2) is 53.8 Å². The van der Waals surface area contributed by atoms with Crippen LogP contribution in [0.4, 0.5) is 0 Å². The summed E-state index contributed by atoms with van der Waals surface area (Å²) in [5.41, 5.74) is 5.29. The van der Waals surface area contributed by atoms with Crippen molar-refractivity contribution in [3.8, 4) is 0 Å². The van der Waals surface area contributed by atoms with Gasteiger partial charge in [0.1, 0.15) is 0 Å². The Bertz CT molecular complexity index is 492. The zero-order chi connectivity index (χ0) is 12.3. The molecule has 1 heteroatoms. The van der Waals surface area contributed by atoms with Crippen molar-refractivity contribution >= 4 is 6.08 Å². The van der Waals surface area contributed by atoms with Crippen molar-refractivity contribution < 1.29 is 0 Å². The number of hydrogen-bond acceptors (Lipinski definition) is 1. The highest BCUT2D eigenvalue weighted by Crippen LogP contribution is 2.22. The lowest BCUT2D eigenvalue weighted by Crippen LogP contribution is -2.18. The molecule has 1 aliphatic rings. The average Bonchev–Trinajstić information content (AvgIpc) is 2.34. The molecule has 0 unspecified atom stereocenters. The van der Waals surface area contributed by atoms with Gasteiger partial charge in [-0.2, -0.15) is 0 Å². The van der Waals surface area contributed by atoms with Crippen molar-refractivity contribution in [2.24, 2.45) is 0 Å². The first kappa shape index (κ1) is 11.7. The van der Waals surface area contributed by atoms with E-state index in [1.54, 1.807) is 0 Å². The number of allylic oxidation sites excluding steroid dienone is 5. The van der Waals surface area contributed by atoms with Gasteiger partial charge in [-0.25, -0.2) is 0 Å². The summed E-state index contributed by atoms with van der Waals surface area (Å²) in [5, 5.41) is 0. The Morgan fingerprint density at radius 3 is 2.71 bits per heavy atom. The number of benzene rings is 1. The third kappa shape index (κ3) is 2.50.